The van der Waals surface area contributed by atoms with Crippen LogP contribution in [0.5, 0.6) is 5.75 Å². The van der Waals surface area contributed by atoms with E-state index in [9.17, 15) is 9.59 Å². The van der Waals surface area contributed by atoms with Crippen LogP contribution in [0.15, 0.2) is 41.8 Å². The van der Waals surface area contributed by atoms with Crippen LogP contribution >= 0.6 is 11.3 Å². The van der Waals surface area contributed by atoms with Crippen molar-refractivity contribution >= 4 is 23.2 Å². The van der Waals surface area contributed by atoms with Gasteiger partial charge in [0.2, 0.25) is 11.8 Å². The fraction of sp³-hybridized carbons (Fsp3) is 0.333. The smallest absolute Gasteiger partial charge is 0.249 e. The summed E-state index contributed by atoms with van der Waals surface area (Å²) in [5, 5.41) is 4.84. The third-order valence-corrected chi connectivity index (χ3v) is 4.91. The van der Waals surface area contributed by atoms with E-state index in [4.69, 9.17) is 9.47 Å². The summed E-state index contributed by atoms with van der Waals surface area (Å²) in [5.41, 5.74) is 0.881. The molecule has 25 heavy (non-hydrogen) atoms. The number of amides is 2. The third kappa shape index (κ3) is 4.18. The maximum atomic E-state index is 12.6. The second-order valence-electron chi connectivity index (χ2n) is 5.66. The Morgan fingerprint density at radius 3 is 2.96 bits per heavy atom. The Morgan fingerprint density at radius 2 is 2.20 bits per heavy atom. The molecule has 2 heterocycles. The predicted molar refractivity (Wildman–Crippen MR) is 94.3 cm³/mol. The minimum atomic E-state index is -0.627. The molecule has 1 N–H and O–H groups in total. The molecule has 1 saturated heterocycles. The van der Waals surface area contributed by atoms with Crippen molar-refractivity contribution in [2.75, 3.05) is 20.3 Å². The number of rotatable bonds is 6. The van der Waals surface area contributed by atoms with Gasteiger partial charge in [-0.1, -0.05) is 24.3 Å². The minimum Gasteiger partial charge on any atom is -0.496 e. The number of carbonyl (C=O) groups excluding carboxylic acids is 2. The molecule has 0 radical (unpaired) electrons. The zero-order valence-corrected chi connectivity index (χ0v) is 14.8. The van der Waals surface area contributed by atoms with Gasteiger partial charge in [0.05, 0.1) is 20.3 Å². The second-order valence-corrected chi connectivity index (χ2v) is 6.69. The van der Waals surface area contributed by atoms with Crippen LogP contribution in [0.1, 0.15) is 10.4 Å². The van der Waals surface area contributed by atoms with Gasteiger partial charge in [0.1, 0.15) is 18.4 Å². The van der Waals surface area contributed by atoms with Gasteiger partial charge in [0, 0.05) is 17.0 Å². The van der Waals surface area contributed by atoms with E-state index in [1.807, 2.05) is 41.8 Å². The number of hydrogen-bond donors (Lipinski definition) is 1. The number of thiophene rings is 1. The second kappa shape index (κ2) is 8.13. The van der Waals surface area contributed by atoms with Crippen molar-refractivity contribution in [3.05, 3.63) is 52.2 Å². The minimum absolute atomic E-state index is 0.0155. The highest BCUT2D eigenvalue weighted by molar-refractivity contribution is 7.09. The first-order chi connectivity index (χ1) is 12.2. The molecule has 1 aliphatic rings. The SMILES string of the molecule is COc1ccccc1CNC(=O)[C@@H]1COCC(=O)N1Cc1cccs1. The summed E-state index contributed by atoms with van der Waals surface area (Å²) in [6, 6.07) is 10.8. The van der Waals surface area contributed by atoms with Gasteiger partial charge in [-0.15, -0.1) is 11.3 Å². The van der Waals surface area contributed by atoms with Crippen LogP contribution in [0.25, 0.3) is 0 Å². The molecule has 6 nitrogen and oxygen atoms in total. The van der Waals surface area contributed by atoms with Crippen LogP contribution in [0.4, 0.5) is 0 Å². The summed E-state index contributed by atoms with van der Waals surface area (Å²) in [5.74, 6) is 0.321. The van der Waals surface area contributed by atoms with Crippen molar-refractivity contribution in [2.24, 2.45) is 0 Å². The summed E-state index contributed by atoms with van der Waals surface area (Å²) in [7, 11) is 1.59. The van der Waals surface area contributed by atoms with E-state index in [1.165, 1.54) is 0 Å². The number of nitrogens with one attached hydrogen (secondary N) is 1. The number of carbonyl (C=O) groups is 2. The maximum Gasteiger partial charge on any atom is 0.249 e. The molecule has 0 saturated carbocycles. The highest BCUT2D eigenvalue weighted by Gasteiger charge is 2.34. The van der Waals surface area contributed by atoms with E-state index >= 15 is 0 Å². The number of morpholine rings is 1. The van der Waals surface area contributed by atoms with Gasteiger partial charge in [-0.05, 0) is 17.5 Å². The molecule has 1 aromatic heterocycles. The number of para-hydroxylation sites is 1. The van der Waals surface area contributed by atoms with E-state index < -0.39 is 6.04 Å². The van der Waals surface area contributed by atoms with Crippen LogP contribution < -0.4 is 10.1 Å². The highest BCUT2D eigenvalue weighted by atomic mass is 32.1. The molecule has 2 aromatic rings. The third-order valence-electron chi connectivity index (χ3n) is 4.05. The molecule has 0 aliphatic carbocycles. The Morgan fingerprint density at radius 1 is 1.36 bits per heavy atom. The molecule has 1 fully saturated rings. The molecule has 1 aliphatic heterocycles. The molecule has 3 rings (SSSR count). The number of methoxy groups -OCH3 is 1. The molecule has 0 unspecified atom stereocenters. The zero-order chi connectivity index (χ0) is 17.6. The van der Waals surface area contributed by atoms with Crippen LogP contribution in [-0.2, 0) is 27.4 Å². The Hall–Kier alpha value is -2.38. The Balaban J connectivity index is 1.67. The van der Waals surface area contributed by atoms with E-state index in [-0.39, 0.29) is 25.0 Å². The Bertz CT molecular complexity index is 732. The van der Waals surface area contributed by atoms with Gasteiger partial charge >= 0.3 is 0 Å². The van der Waals surface area contributed by atoms with E-state index in [0.717, 1.165) is 10.4 Å². The largest absolute Gasteiger partial charge is 0.496 e. The monoisotopic (exact) mass is 360 g/mol. The van der Waals surface area contributed by atoms with Crippen molar-refractivity contribution in [1.29, 1.82) is 0 Å². The lowest BCUT2D eigenvalue weighted by Gasteiger charge is -2.34. The molecule has 2 amide bonds. The van der Waals surface area contributed by atoms with Crippen molar-refractivity contribution in [2.45, 2.75) is 19.1 Å². The van der Waals surface area contributed by atoms with Gasteiger partial charge in [-0.3, -0.25) is 9.59 Å². The van der Waals surface area contributed by atoms with E-state index in [0.29, 0.717) is 18.8 Å². The fourth-order valence-corrected chi connectivity index (χ4v) is 3.44. The molecule has 7 heteroatoms. The number of ether oxygens (including phenoxy) is 2. The average Bonchev–Trinajstić information content (AvgIpc) is 3.14. The van der Waals surface area contributed by atoms with Crippen LogP contribution in [0, 0.1) is 0 Å². The van der Waals surface area contributed by atoms with Crippen LogP contribution in [0.3, 0.4) is 0 Å². The number of hydrogen-bond acceptors (Lipinski definition) is 5. The van der Waals surface area contributed by atoms with Crippen molar-refractivity contribution < 1.29 is 19.1 Å². The summed E-state index contributed by atoms with van der Waals surface area (Å²) < 4.78 is 10.6. The van der Waals surface area contributed by atoms with Gasteiger partial charge < -0.3 is 19.7 Å². The number of nitrogens with zero attached hydrogens (tertiary/aromatic N) is 1. The number of benzene rings is 1. The van der Waals surface area contributed by atoms with E-state index in [2.05, 4.69) is 5.32 Å². The van der Waals surface area contributed by atoms with Crippen molar-refractivity contribution in [1.82, 2.24) is 10.2 Å². The fourth-order valence-electron chi connectivity index (χ4n) is 2.74. The molecule has 1 aromatic carbocycles. The first-order valence-corrected chi connectivity index (χ1v) is 8.86. The lowest BCUT2D eigenvalue weighted by Crippen LogP contribution is -2.55. The molecule has 0 bridgehead atoms. The van der Waals surface area contributed by atoms with Crippen molar-refractivity contribution in [3.63, 3.8) is 0 Å². The lowest BCUT2D eigenvalue weighted by molar-refractivity contribution is -0.155. The topological polar surface area (TPSA) is 67.9 Å². The molecule has 1 atom stereocenters. The van der Waals surface area contributed by atoms with Crippen LogP contribution in [0.2, 0.25) is 0 Å². The van der Waals surface area contributed by atoms with Gasteiger partial charge in [0.25, 0.3) is 0 Å². The van der Waals surface area contributed by atoms with Crippen LogP contribution in [-0.4, -0.2) is 43.1 Å². The molecule has 132 valence electrons. The summed E-state index contributed by atoms with van der Waals surface area (Å²) >= 11 is 1.56. The highest BCUT2D eigenvalue weighted by Crippen LogP contribution is 2.19. The standard InChI is InChI=1S/C18H20N2O4S/c1-23-16-7-3-2-5-13(16)9-19-18(22)15-11-24-12-17(21)20(15)10-14-6-4-8-25-14/h2-8,15H,9-12H2,1H3,(H,19,22)/t15-/m0/s1. The summed E-state index contributed by atoms with van der Waals surface area (Å²) in [6.07, 6.45) is 0. The molecular weight excluding hydrogens is 340 g/mol. The lowest BCUT2D eigenvalue weighted by atomic mass is 10.1. The van der Waals surface area contributed by atoms with Gasteiger partial charge in [0.15, 0.2) is 0 Å². The first-order valence-electron chi connectivity index (χ1n) is 7.98. The zero-order valence-electron chi connectivity index (χ0n) is 13.9. The quantitative estimate of drug-likeness (QED) is 0.853. The normalized spacial score (nSPS) is 17.4. The van der Waals surface area contributed by atoms with E-state index in [1.54, 1.807) is 23.3 Å². The molecular formula is C18H20N2O4S. The Kier molecular flexibility index (Phi) is 5.67. The summed E-state index contributed by atoms with van der Waals surface area (Å²) in [4.78, 5) is 27.5. The average molecular weight is 360 g/mol. The van der Waals surface area contributed by atoms with Gasteiger partial charge in [-0.25, -0.2) is 0 Å². The van der Waals surface area contributed by atoms with Crippen molar-refractivity contribution in [3.8, 4) is 5.75 Å². The maximum absolute atomic E-state index is 12.6. The summed E-state index contributed by atoms with van der Waals surface area (Å²) in [6.45, 7) is 0.976. The predicted octanol–water partition coefficient (Wildman–Crippen LogP) is 1.80. The first kappa shape index (κ1) is 17.4. The van der Waals surface area contributed by atoms with Gasteiger partial charge in [-0.2, -0.15) is 0 Å². The Labute approximate surface area is 150 Å². The molecule has 0 spiro atoms.